The van der Waals surface area contributed by atoms with Crippen LogP contribution in [0, 0.1) is 46.3 Å². The Morgan fingerprint density at radius 3 is 1.19 bits per heavy atom. The highest BCUT2D eigenvalue weighted by molar-refractivity contribution is 4.87. The Morgan fingerprint density at radius 1 is 0.613 bits per heavy atom. The lowest BCUT2D eigenvalue weighted by molar-refractivity contribution is 0.0754. The molecule has 0 bridgehead atoms. The third-order valence-corrected chi connectivity index (χ3v) is 8.51. The summed E-state index contributed by atoms with van der Waals surface area (Å²) in [7, 11) is 0. The van der Waals surface area contributed by atoms with E-state index in [2.05, 4.69) is 69.2 Å². The van der Waals surface area contributed by atoms with Crippen LogP contribution in [-0.2, 0) is 0 Å². The fourth-order valence-corrected chi connectivity index (χ4v) is 7.00. The average Bonchev–Trinajstić information content (AvgIpc) is 2.63. The van der Waals surface area contributed by atoms with Gasteiger partial charge in [-0.3, -0.25) is 0 Å². The van der Waals surface area contributed by atoms with Crippen LogP contribution in [-0.4, -0.2) is 0 Å². The first-order valence-corrected chi connectivity index (χ1v) is 14.3. The Labute approximate surface area is 199 Å². The molecule has 0 aromatic heterocycles. The molecule has 0 heteroatoms. The van der Waals surface area contributed by atoms with E-state index in [1.54, 1.807) is 6.42 Å². The molecule has 0 aliphatic heterocycles. The van der Waals surface area contributed by atoms with Crippen molar-refractivity contribution in [3.63, 3.8) is 0 Å². The Kier molecular flexibility index (Phi) is 12.8. The predicted octanol–water partition coefficient (Wildman–Crippen LogP) is 10.9. The summed E-state index contributed by atoms with van der Waals surface area (Å²) in [4.78, 5) is 0. The van der Waals surface area contributed by atoms with Crippen LogP contribution < -0.4 is 0 Å². The van der Waals surface area contributed by atoms with E-state index in [0.717, 1.165) is 35.5 Å². The van der Waals surface area contributed by atoms with Crippen molar-refractivity contribution in [3.05, 3.63) is 0 Å². The maximum absolute atomic E-state index is 2.43. The van der Waals surface area contributed by atoms with E-state index >= 15 is 0 Å². The minimum Gasteiger partial charge on any atom is -0.0651 e. The second-order valence-electron chi connectivity index (χ2n) is 14.3. The Morgan fingerprint density at radius 2 is 0.935 bits per heavy atom. The molecule has 3 rings (SSSR count). The van der Waals surface area contributed by atoms with E-state index in [1.165, 1.54) is 77.0 Å². The van der Waals surface area contributed by atoms with Crippen molar-refractivity contribution in [3.8, 4) is 0 Å². The maximum Gasteiger partial charge on any atom is -0.0347 e. The van der Waals surface area contributed by atoms with E-state index < -0.39 is 0 Å². The van der Waals surface area contributed by atoms with Crippen molar-refractivity contribution in [2.24, 2.45) is 46.3 Å². The van der Waals surface area contributed by atoms with Crippen molar-refractivity contribution in [2.45, 2.75) is 153 Å². The Hall–Kier alpha value is 0. The smallest absolute Gasteiger partial charge is 0.0347 e. The highest BCUT2D eigenvalue weighted by Crippen LogP contribution is 2.48. The molecule has 0 unspecified atom stereocenters. The van der Waals surface area contributed by atoms with Gasteiger partial charge in [0, 0.05) is 0 Å². The Balaban J connectivity index is 0.000000264. The molecule has 0 aromatic carbocycles. The summed E-state index contributed by atoms with van der Waals surface area (Å²) >= 11 is 0. The van der Waals surface area contributed by atoms with Crippen LogP contribution in [0.2, 0.25) is 0 Å². The van der Waals surface area contributed by atoms with Crippen molar-refractivity contribution in [2.75, 3.05) is 0 Å². The Bertz CT molecular complexity index is 405. The molecule has 0 radical (unpaired) electrons. The van der Waals surface area contributed by atoms with Gasteiger partial charge in [-0.25, -0.2) is 0 Å². The lowest BCUT2D eigenvalue weighted by Crippen LogP contribution is -2.32. The van der Waals surface area contributed by atoms with Gasteiger partial charge in [-0.15, -0.1) is 0 Å². The fourth-order valence-electron chi connectivity index (χ4n) is 7.00. The summed E-state index contributed by atoms with van der Waals surface area (Å²) in [6, 6.07) is 0. The van der Waals surface area contributed by atoms with Crippen LogP contribution in [0.25, 0.3) is 0 Å². The predicted molar refractivity (Wildman–Crippen MR) is 143 cm³/mol. The summed E-state index contributed by atoms with van der Waals surface area (Å²) in [6.45, 7) is 23.5. The van der Waals surface area contributed by atoms with Crippen LogP contribution in [0.15, 0.2) is 0 Å². The van der Waals surface area contributed by atoms with Crippen molar-refractivity contribution in [1.82, 2.24) is 0 Å². The van der Waals surface area contributed by atoms with E-state index in [1.807, 2.05) is 0 Å². The third kappa shape index (κ3) is 13.3. The molecule has 0 nitrogen and oxygen atoms in total. The summed E-state index contributed by atoms with van der Waals surface area (Å²) in [5.74, 6) is 6.04. The monoisotopic (exact) mass is 434 g/mol. The van der Waals surface area contributed by atoms with E-state index in [4.69, 9.17) is 0 Å². The lowest BCUT2D eigenvalue weighted by atomic mass is 9.62. The minimum absolute atomic E-state index is 0.584. The van der Waals surface area contributed by atoms with Crippen molar-refractivity contribution in [1.29, 1.82) is 0 Å². The topological polar surface area (TPSA) is 0 Å². The van der Waals surface area contributed by atoms with Crippen LogP contribution in [0.1, 0.15) is 153 Å². The van der Waals surface area contributed by atoms with Crippen molar-refractivity contribution < 1.29 is 0 Å². The largest absolute Gasteiger partial charge is 0.0651 e. The number of hydrogen-bond acceptors (Lipinski definition) is 0. The highest BCUT2D eigenvalue weighted by atomic mass is 14.4. The van der Waals surface area contributed by atoms with Gasteiger partial charge in [0.15, 0.2) is 0 Å². The molecule has 0 aromatic rings. The lowest BCUT2D eigenvalue weighted by Gasteiger charge is -2.44. The van der Waals surface area contributed by atoms with Gasteiger partial charge in [0.05, 0.1) is 0 Å². The first-order valence-electron chi connectivity index (χ1n) is 14.3. The van der Waals surface area contributed by atoms with Crippen LogP contribution in [0.4, 0.5) is 0 Å². The SMILES string of the molecule is CC1CC(C)(C)CC(C)(C)C1.CC1CCC(CC2CCC(C)CC2)CC1.CCC(C)C. The summed E-state index contributed by atoms with van der Waals surface area (Å²) in [6.07, 6.45) is 19.3. The molecule has 0 N–H and O–H groups in total. The highest BCUT2D eigenvalue weighted by Gasteiger charge is 2.36. The second kappa shape index (κ2) is 13.6. The normalized spacial score (nSPS) is 33.0. The van der Waals surface area contributed by atoms with E-state index in [0.29, 0.717) is 10.8 Å². The zero-order valence-electron chi connectivity index (χ0n) is 23.7. The van der Waals surface area contributed by atoms with Gasteiger partial charge in [-0.1, -0.05) is 127 Å². The van der Waals surface area contributed by atoms with Crippen LogP contribution in [0.5, 0.6) is 0 Å². The van der Waals surface area contributed by atoms with E-state index in [9.17, 15) is 0 Å². The number of hydrogen-bond donors (Lipinski definition) is 0. The van der Waals surface area contributed by atoms with Crippen LogP contribution in [0.3, 0.4) is 0 Å². The van der Waals surface area contributed by atoms with E-state index in [-0.39, 0.29) is 0 Å². The molecule has 0 heterocycles. The van der Waals surface area contributed by atoms with Gasteiger partial charge in [0.25, 0.3) is 0 Å². The molecule has 3 aliphatic carbocycles. The molecule has 3 saturated carbocycles. The summed E-state index contributed by atoms with van der Waals surface area (Å²) < 4.78 is 0. The molecular weight excluding hydrogens is 372 g/mol. The molecule has 0 atom stereocenters. The first-order chi connectivity index (χ1) is 14.3. The third-order valence-electron chi connectivity index (χ3n) is 8.51. The van der Waals surface area contributed by atoms with Crippen molar-refractivity contribution >= 4 is 0 Å². The fraction of sp³-hybridized carbons (Fsp3) is 1.00. The molecule has 31 heavy (non-hydrogen) atoms. The molecule has 0 amide bonds. The molecular formula is C31H62. The summed E-state index contributed by atoms with van der Waals surface area (Å²) in [5.41, 5.74) is 1.17. The van der Waals surface area contributed by atoms with Gasteiger partial charge < -0.3 is 0 Å². The maximum atomic E-state index is 2.43. The van der Waals surface area contributed by atoms with Gasteiger partial charge in [0.1, 0.15) is 0 Å². The van der Waals surface area contributed by atoms with Gasteiger partial charge in [0.2, 0.25) is 0 Å². The second-order valence-corrected chi connectivity index (χ2v) is 14.3. The zero-order valence-corrected chi connectivity index (χ0v) is 23.7. The van der Waals surface area contributed by atoms with Gasteiger partial charge in [-0.2, -0.15) is 0 Å². The van der Waals surface area contributed by atoms with Crippen LogP contribution >= 0.6 is 0 Å². The first kappa shape index (κ1) is 29.0. The molecule has 0 spiro atoms. The molecule has 186 valence electrons. The standard InChI is InChI=1S/C15H28.C11H22.C5H12/c1-12-3-7-14(8-4-12)11-15-9-5-13(2)6-10-15;1-9-6-10(2,3)8-11(4,5)7-9;1-4-5(2)3/h12-15H,3-11H2,1-2H3;9H,6-8H2,1-5H3;5H,4H2,1-3H3. The zero-order chi connectivity index (χ0) is 23.7. The minimum atomic E-state index is 0.584. The summed E-state index contributed by atoms with van der Waals surface area (Å²) in [5, 5.41) is 0. The van der Waals surface area contributed by atoms with Gasteiger partial charge >= 0.3 is 0 Å². The number of rotatable bonds is 3. The molecule has 0 saturated heterocycles. The van der Waals surface area contributed by atoms with Gasteiger partial charge in [-0.05, 0) is 72.0 Å². The molecule has 3 fully saturated rings. The quantitative estimate of drug-likeness (QED) is 0.414. The molecule has 3 aliphatic rings. The average molecular weight is 435 g/mol.